The van der Waals surface area contributed by atoms with E-state index in [1.165, 1.54) is 12.8 Å². The summed E-state index contributed by atoms with van der Waals surface area (Å²) in [7, 11) is 0. The SMILES string of the molecule is NCCCCC(N)C(=O)O.O=C(O)Cc1ccc(OCC2CC2)c(Cl)c1. The normalized spacial score (nSPS) is 14.1. The number of carboxylic acids is 2. The first kappa shape index (κ1) is 22.2. The molecule has 0 heterocycles. The van der Waals surface area contributed by atoms with E-state index in [-0.39, 0.29) is 6.42 Å². The predicted molar refractivity (Wildman–Crippen MR) is 99.5 cm³/mol. The minimum Gasteiger partial charge on any atom is -0.492 e. The Morgan fingerprint density at radius 2 is 1.96 bits per heavy atom. The highest BCUT2D eigenvalue weighted by molar-refractivity contribution is 6.32. The Bertz CT molecular complexity index is 593. The van der Waals surface area contributed by atoms with E-state index >= 15 is 0 Å². The first-order chi connectivity index (χ1) is 12.3. The second kappa shape index (κ2) is 11.7. The van der Waals surface area contributed by atoms with Gasteiger partial charge >= 0.3 is 11.9 Å². The molecule has 0 saturated heterocycles. The average molecular weight is 387 g/mol. The molecule has 1 atom stereocenters. The van der Waals surface area contributed by atoms with E-state index in [0.29, 0.717) is 41.8 Å². The number of nitrogens with two attached hydrogens (primary N) is 2. The zero-order valence-corrected chi connectivity index (χ0v) is 15.5. The predicted octanol–water partition coefficient (Wildman–Crippen LogP) is 2.28. The van der Waals surface area contributed by atoms with Gasteiger partial charge in [0.2, 0.25) is 0 Å². The Labute approximate surface area is 158 Å². The van der Waals surface area contributed by atoms with E-state index in [4.69, 9.17) is 38.0 Å². The van der Waals surface area contributed by atoms with Crippen molar-refractivity contribution >= 4 is 23.5 Å². The van der Waals surface area contributed by atoms with Crippen LogP contribution in [0, 0.1) is 5.92 Å². The minimum atomic E-state index is -0.933. The number of rotatable bonds is 10. The largest absolute Gasteiger partial charge is 0.492 e. The summed E-state index contributed by atoms with van der Waals surface area (Å²) >= 11 is 6.00. The number of hydrogen-bond donors (Lipinski definition) is 4. The van der Waals surface area contributed by atoms with Crippen molar-refractivity contribution in [2.75, 3.05) is 13.2 Å². The summed E-state index contributed by atoms with van der Waals surface area (Å²) in [5.74, 6) is -0.475. The van der Waals surface area contributed by atoms with Crippen LogP contribution in [0.1, 0.15) is 37.7 Å². The van der Waals surface area contributed by atoms with Gasteiger partial charge in [-0.05, 0) is 55.8 Å². The van der Waals surface area contributed by atoms with Crippen LogP contribution < -0.4 is 16.2 Å². The summed E-state index contributed by atoms with van der Waals surface area (Å²) in [4.78, 5) is 20.7. The molecule has 1 aromatic carbocycles. The number of benzene rings is 1. The maximum absolute atomic E-state index is 10.5. The lowest BCUT2D eigenvalue weighted by Crippen LogP contribution is -2.29. The average Bonchev–Trinajstić information content (AvgIpc) is 3.38. The second-order valence-corrected chi connectivity index (χ2v) is 6.73. The number of halogens is 1. The highest BCUT2D eigenvalue weighted by atomic mass is 35.5. The summed E-state index contributed by atoms with van der Waals surface area (Å²) in [6.07, 6.45) is 4.61. The third-order valence-electron chi connectivity index (χ3n) is 3.81. The van der Waals surface area contributed by atoms with Crippen LogP contribution in [0.2, 0.25) is 5.02 Å². The van der Waals surface area contributed by atoms with Crippen molar-refractivity contribution in [2.45, 2.75) is 44.6 Å². The molecule has 1 fully saturated rings. The monoisotopic (exact) mass is 386 g/mol. The van der Waals surface area contributed by atoms with E-state index in [1.807, 2.05) is 0 Å². The van der Waals surface area contributed by atoms with Crippen molar-refractivity contribution in [1.82, 2.24) is 0 Å². The molecule has 0 spiro atoms. The summed E-state index contributed by atoms with van der Waals surface area (Å²) < 4.78 is 5.54. The molecule has 0 radical (unpaired) electrons. The first-order valence-corrected chi connectivity index (χ1v) is 9.02. The van der Waals surface area contributed by atoms with Gasteiger partial charge in [-0.25, -0.2) is 0 Å². The summed E-state index contributed by atoms with van der Waals surface area (Å²) in [6.45, 7) is 1.31. The Kier molecular flexibility index (Phi) is 10.0. The molecular formula is C18H27ClN2O5. The Morgan fingerprint density at radius 3 is 2.46 bits per heavy atom. The van der Waals surface area contributed by atoms with E-state index < -0.39 is 18.0 Å². The first-order valence-electron chi connectivity index (χ1n) is 8.65. The zero-order valence-electron chi connectivity index (χ0n) is 14.7. The van der Waals surface area contributed by atoms with Crippen molar-refractivity contribution in [3.63, 3.8) is 0 Å². The number of hydrogen-bond acceptors (Lipinski definition) is 5. The second-order valence-electron chi connectivity index (χ2n) is 6.32. The van der Waals surface area contributed by atoms with Crippen molar-refractivity contribution in [2.24, 2.45) is 17.4 Å². The van der Waals surface area contributed by atoms with Crippen LogP contribution in [0.3, 0.4) is 0 Å². The van der Waals surface area contributed by atoms with Gasteiger partial charge < -0.3 is 26.4 Å². The van der Waals surface area contributed by atoms with Gasteiger partial charge in [0.05, 0.1) is 18.1 Å². The van der Waals surface area contributed by atoms with Gasteiger partial charge in [0.15, 0.2) is 0 Å². The Hall–Kier alpha value is -1.83. The number of unbranched alkanes of at least 4 members (excludes halogenated alkanes) is 1. The molecule has 0 amide bonds. The third-order valence-corrected chi connectivity index (χ3v) is 4.10. The highest BCUT2D eigenvalue weighted by Crippen LogP contribution is 2.32. The summed E-state index contributed by atoms with van der Waals surface area (Å²) in [5, 5.41) is 17.4. The molecule has 0 aliphatic heterocycles. The summed E-state index contributed by atoms with van der Waals surface area (Å²) in [6, 6.07) is 4.41. The molecule has 0 bridgehead atoms. The fraction of sp³-hybridized carbons (Fsp3) is 0.556. The van der Waals surface area contributed by atoms with Crippen LogP contribution >= 0.6 is 11.6 Å². The zero-order chi connectivity index (χ0) is 19.5. The minimum absolute atomic E-state index is 0.0113. The third kappa shape index (κ3) is 9.60. The van der Waals surface area contributed by atoms with Gasteiger partial charge in [0.1, 0.15) is 11.8 Å². The molecule has 0 aromatic heterocycles. The summed E-state index contributed by atoms with van der Waals surface area (Å²) in [5.41, 5.74) is 11.1. The smallest absolute Gasteiger partial charge is 0.320 e. The topological polar surface area (TPSA) is 136 Å². The fourth-order valence-corrected chi connectivity index (χ4v) is 2.33. The molecule has 1 aromatic rings. The number of carbonyl (C=O) groups is 2. The van der Waals surface area contributed by atoms with Crippen molar-refractivity contribution in [1.29, 1.82) is 0 Å². The molecular weight excluding hydrogens is 360 g/mol. The molecule has 1 saturated carbocycles. The quantitative estimate of drug-likeness (QED) is 0.453. The van der Waals surface area contributed by atoms with Gasteiger partial charge in [-0.1, -0.05) is 24.1 Å². The molecule has 1 aliphatic rings. The van der Waals surface area contributed by atoms with Crippen LogP contribution in [-0.4, -0.2) is 41.3 Å². The van der Waals surface area contributed by atoms with Crippen molar-refractivity contribution < 1.29 is 24.5 Å². The molecule has 1 aliphatic carbocycles. The number of carboxylic acid groups (broad SMARTS) is 2. The number of aliphatic carboxylic acids is 2. The van der Waals surface area contributed by atoms with Gasteiger partial charge in [0.25, 0.3) is 0 Å². The highest BCUT2D eigenvalue weighted by Gasteiger charge is 2.22. The van der Waals surface area contributed by atoms with Gasteiger partial charge in [0, 0.05) is 0 Å². The van der Waals surface area contributed by atoms with E-state index in [9.17, 15) is 9.59 Å². The van der Waals surface area contributed by atoms with Crippen LogP contribution in [0.5, 0.6) is 5.75 Å². The van der Waals surface area contributed by atoms with E-state index in [1.54, 1.807) is 18.2 Å². The molecule has 146 valence electrons. The van der Waals surface area contributed by atoms with Crippen molar-refractivity contribution in [3.05, 3.63) is 28.8 Å². The molecule has 2 rings (SSSR count). The van der Waals surface area contributed by atoms with E-state index in [0.717, 1.165) is 12.8 Å². The maximum Gasteiger partial charge on any atom is 0.320 e. The maximum atomic E-state index is 10.5. The molecule has 8 heteroatoms. The van der Waals surface area contributed by atoms with Crippen molar-refractivity contribution in [3.8, 4) is 5.75 Å². The lowest BCUT2D eigenvalue weighted by Gasteiger charge is -2.08. The van der Waals surface area contributed by atoms with Gasteiger partial charge in [-0.3, -0.25) is 9.59 Å². The van der Waals surface area contributed by atoms with Gasteiger partial charge in [-0.15, -0.1) is 0 Å². The Morgan fingerprint density at radius 1 is 1.27 bits per heavy atom. The molecule has 6 N–H and O–H groups in total. The van der Waals surface area contributed by atoms with Crippen LogP contribution in [-0.2, 0) is 16.0 Å². The molecule has 1 unspecified atom stereocenters. The lowest BCUT2D eigenvalue weighted by molar-refractivity contribution is -0.139. The van der Waals surface area contributed by atoms with Crippen LogP contribution in [0.25, 0.3) is 0 Å². The lowest BCUT2D eigenvalue weighted by atomic mass is 10.1. The molecule has 26 heavy (non-hydrogen) atoms. The number of ether oxygens (including phenoxy) is 1. The van der Waals surface area contributed by atoms with Crippen LogP contribution in [0.4, 0.5) is 0 Å². The Balaban J connectivity index is 0.000000294. The van der Waals surface area contributed by atoms with Crippen LogP contribution in [0.15, 0.2) is 18.2 Å². The van der Waals surface area contributed by atoms with E-state index in [2.05, 4.69) is 0 Å². The molecule has 7 nitrogen and oxygen atoms in total. The standard InChI is InChI=1S/C12H13ClO3.C6H14N2O2/c13-10-5-9(6-12(14)15)3-4-11(10)16-7-8-1-2-8;7-4-2-1-3-5(8)6(9)10/h3-5,8H,1-2,6-7H2,(H,14,15);5H,1-4,7-8H2,(H,9,10). The van der Waals surface area contributed by atoms with Gasteiger partial charge in [-0.2, -0.15) is 0 Å². The fourth-order valence-electron chi connectivity index (χ4n) is 2.07.